The van der Waals surface area contributed by atoms with Crippen LogP contribution in [0.4, 0.5) is 0 Å². The number of benzene rings is 1. The molecule has 1 aromatic heterocycles. The summed E-state index contributed by atoms with van der Waals surface area (Å²) in [5, 5.41) is 12.7. The number of hydrogen-bond acceptors (Lipinski definition) is 4. The van der Waals surface area contributed by atoms with Crippen molar-refractivity contribution < 1.29 is 5.21 Å². The molecule has 0 aliphatic carbocycles. The van der Waals surface area contributed by atoms with Gasteiger partial charge < -0.3 is 10.9 Å². The van der Waals surface area contributed by atoms with Crippen LogP contribution < -0.4 is 5.73 Å². The van der Waals surface area contributed by atoms with Crippen LogP contribution in [0.15, 0.2) is 29.4 Å². The first kappa shape index (κ1) is 14.5. The van der Waals surface area contributed by atoms with Crippen molar-refractivity contribution in [2.45, 2.75) is 33.1 Å². The summed E-state index contributed by atoms with van der Waals surface area (Å²) in [5.41, 5.74) is 8.84. The molecule has 0 aliphatic heterocycles. The van der Waals surface area contributed by atoms with E-state index in [1.165, 1.54) is 29.7 Å². The maximum Gasteiger partial charge on any atom is 0.182 e. The number of aryl methyl sites for hydroxylation is 2. The highest BCUT2D eigenvalue weighted by Crippen LogP contribution is 2.28. The van der Waals surface area contributed by atoms with E-state index in [9.17, 15) is 0 Å². The average molecular weight is 289 g/mol. The van der Waals surface area contributed by atoms with Gasteiger partial charge in [-0.25, -0.2) is 4.98 Å². The summed E-state index contributed by atoms with van der Waals surface area (Å²) < 4.78 is 0. The highest BCUT2D eigenvalue weighted by atomic mass is 32.1. The van der Waals surface area contributed by atoms with E-state index in [1.807, 2.05) is 6.92 Å². The lowest BCUT2D eigenvalue weighted by molar-refractivity contribution is 0.318. The number of rotatable bonds is 5. The van der Waals surface area contributed by atoms with Crippen molar-refractivity contribution in [2.75, 3.05) is 0 Å². The third-order valence-electron chi connectivity index (χ3n) is 3.16. The predicted octanol–water partition coefficient (Wildman–Crippen LogP) is 3.56. The second-order valence-electron chi connectivity index (χ2n) is 4.72. The van der Waals surface area contributed by atoms with Crippen LogP contribution in [0.2, 0.25) is 0 Å². The summed E-state index contributed by atoms with van der Waals surface area (Å²) >= 11 is 1.44. The average Bonchev–Trinajstić information content (AvgIpc) is 2.87. The Bertz CT molecular complexity index is 602. The largest absolute Gasteiger partial charge is 0.409 e. The van der Waals surface area contributed by atoms with Crippen LogP contribution in [0.5, 0.6) is 0 Å². The molecule has 0 radical (unpaired) electrons. The fraction of sp³-hybridized carbons (Fsp3) is 0.333. The quantitative estimate of drug-likeness (QED) is 0.382. The van der Waals surface area contributed by atoms with Crippen LogP contribution in [0.1, 0.15) is 35.9 Å². The molecule has 0 amide bonds. The lowest BCUT2D eigenvalue weighted by atomic mass is 10.1. The molecule has 0 unspecified atom stereocenters. The van der Waals surface area contributed by atoms with Crippen LogP contribution >= 0.6 is 11.3 Å². The Morgan fingerprint density at radius 1 is 1.35 bits per heavy atom. The zero-order valence-electron chi connectivity index (χ0n) is 11.8. The summed E-state index contributed by atoms with van der Waals surface area (Å²) in [6.07, 6.45) is 3.53. The molecular formula is C15H19N3OS. The molecule has 0 aliphatic rings. The van der Waals surface area contributed by atoms with Crippen molar-refractivity contribution in [3.63, 3.8) is 0 Å². The van der Waals surface area contributed by atoms with E-state index in [0.717, 1.165) is 27.6 Å². The first-order chi connectivity index (χ1) is 9.65. The number of nitrogens with two attached hydrogens (primary N) is 1. The van der Waals surface area contributed by atoms with Gasteiger partial charge >= 0.3 is 0 Å². The Balaban J connectivity index is 2.24. The van der Waals surface area contributed by atoms with Gasteiger partial charge in [-0.1, -0.05) is 42.8 Å². The Labute approximate surface area is 123 Å². The van der Waals surface area contributed by atoms with Crippen molar-refractivity contribution in [1.29, 1.82) is 0 Å². The van der Waals surface area contributed by atoms with E-state index in [1.54, 1.807) is 0 Å². The SMILES string of the molecule is CCCCc1ccc(-c2nc(C)c(C(N)=NO)s2)cc1. The zero-order valence-corrected chi connectivity index (χ0v) is 12.6. The van der Waals surface area contributed by atoms with E-state index >= 15 is 0 Å². The van der Waals surface area contributed by atoms with E-state index in [2.05, 4.69) is 41.3 Å². The summed E-state index contributed by atoms with van der Waals surface area (Å²) in [4.78, 5) is 5.21. The van der Waals surface area contributed by atoms with Crippen molar-refractivity contribution in [3.8, 4) is 10.6 Å². The molecule has 0 fully saturated rings. The Hall–Kier alpha value is -1.88. The molecule has 2 aromatic rings. The number of thiazole rings is 1. The molecule has 3 N–H and O–H groups in total. The smallest absolute Gasteiger partial charge is 0.182 e. The van der Waals surface area contributed by atoms with Gasteiger partial charge in [0.2, 0.25) is 0 Å². The molecule has 5 heteroatoms. The molecule has 0 atom stereocenters. The third-order valence-corrected chi connectivity index (χ3v) is 4.39. The van der Waals surface area contributed by atoms with E-state index in [0.29, 0.717) is 0 Å². The van der Waals surface area contributed by atoms with E-state index in [4.69, 9.17) is 10.9 Å². The van der Waals surface area contributed by atoms with Gasteiger partial charge in [-0.05, 0) is 25.3 Å². The highest BCUT2D eigenvalue weighted by molar-refractivity contribution is 7.17. The Kier molecular flexibility index (Phi) is 4.74. The minimum absolute atomic E-state index is 0.116. The predicted molar refractivity (Wildman–Crippen MR) is 83.4 cm³/mol. The number of aromatic nitrogens is 1. The zero-order chi connectivity index (χ0) is 14.5. The fourth-order valence-corrected chi connectivity index (χ4v) is 2.97. The number of nitrogens with zero attached hydrogens (tertiary/aromatic N) is 2. The summed E-state index contributed by atoms with van der Waals surface area (Å²) in [6, 6.07) is 8.45. The maximum atomic E-state index is 8.75. The van der Waals surface area contributed by atoms with Gasteiger partial charge in [-0.15, -0.1) is 11.3 Å². The van der Waals surface area contributed by atoms with Gasteiger partial charge in [-0.2, -0.15) is 0 Å². The standard InChI is InChI=1S/C15H19N3OS/c1-3-4-5-11-6-8-12(9-7-11)15-17-10(2)13(20-15)14(16)18-19/h6-9,19H,3-5H2,1-2H3,(H2,16,18). The van der Waals surface area contributed by atoms with Gasteiger partial charge in [0.25, 0.3) is 0 Å². The van der Waals surface area contributed by atoms with Crippen molar-refractivity contribution in [3.05, 3.63) is 40.4 Å². The number of amidine groups is 1. The normalized spacial score (nSPS) is 11.8. The number of oxime groups is 1. The monoisotopic (exact) mass is 289 g/mol. The minimum atomic E-state index is 0.116. The van der Waals surface area contributed by atoms with Crippen LogP contribution in [-0.4, -0.2) is 16.0 Å². The summed E-state index contributed by atoms with van der Waals surface area (Å²) in [6.45, 7) is 4.06. The second-order valence-corrected chi connectivity index (χ2v) is 5.72. The second kappa shape index (κ2) is 6.52. The maximum absolute atomic E-state index is 8.75. The molecule has 0 bridgehead atoms. The lowest BCUT2D eigenvalue weighted by Crippen LogP contribution is -2.12. The first-order valence-electron chi connectivity index (χ1n) is 6.70. The molecular weight excluding hydrogens is 270 g/mol. The Morgan fingerprint density at radius 3 is 2.65 bits per heavy atom. The molecule has 0 saturated carbocycles. The van der Waals surface area contributed by atoms with Gasteiger partial charge in [0.15, 0.2) is 5.84 Å². The molecule has 2 rings (SSSR count). The van der Waals surface area contributed by atoms with E-state index < -0.39 is 0 Å². The topological polar surface area (TPSA) is 71.5 Å². The molecule has 106 valence electrons. The lowest BCUT2D eigenvalue weighted by Gasteiger charge is -2.01. The Morgan fingerprint density at radius 2 is 2.05 bits per heavy atom. The first-order valence-corrected chi connectivity index (χ1v) is 7.52. The summed E-state index contributed by atoms with van der Waals surface area (Å²) in [7, 11) is 0. The van der Waals surface area contributed by atoms with Crippen molar-refractivity contribution in [2.24, 2.45) is 10.9 Å². The van der Waals surface area contributed by atoms with Crippen LogP contribution in [-0.2, 0) is 6.42 Å². The molecule has 0 saturated heterocycles. The molecule has 1 heterocycles. The van der Waals surface area contributed by atoms with Crippen molar-refractivity contribution in [1.82, 2.24) is 4.98 Å². The van der Waals surface area contributed by atoms with Gasteiger partial charge in [0.1, 0.15) is 5.01 Å². The molecule has 0 spiro atoms. The van der Waals surface area contributed by atoms with Gasteiger partial charge in [0.05, 0.1) is 10.6 Å². The van der Waals surface area contributed by atoms with Crippen molar-refractivity contribution >= 4 is 17.2 Å². The number of unbranched alkanes of at least 4 members (excludes halogenated alkanes) is 1. The van der Waals surface area contributed by atoms with Crippen LogP contribution in [0.3, 0.4) is 0 Å². The minimum Gasteiger partial charge on any atom is -0.409 e. The highest BCUT2D eigenvalue weighted by Gasteiger charge is 2.12. The molecule has 20 heavy (non-hydrogen) atoms. The third kappa shape index (κ3) is 3.17. The number of hydrogen-bond donors (Lipinski definition) is 2. The molecule has 1 aromatic carbocycles. The molecule has 4 nitrogen and oxygen atoms in total. The fourth-order valence-electron chi connectivity index (χ4n) is 2.00. The van der Waals surface area contributed by atoms with Crippen LogP contribution in [0, 0.1) is 6.92 Å². The summed E-state index contributed by atoms with van der Waals surface area (Å²) in [5.74, 6) is 0.116. The van der Waals surface area contributed by atoms with Gasteiger partial charge in [0, 0.05) is 5.56 Å². The van der Waals surface area contributed by atoms with Crippen LogP contribution in [0.25, 0.3) is 10.6 Å². The van der Waals surface area contributed by atoms with Gasteiger partial charge in [-0.3, -0.25) is 0 Å². The van der Waals surface area contributed by atoms with E-state index in [-0.39, 0.29) is 5.84 Å².